The first kappa shape index (κ1) is 53.9. The summed E-state index contributed by atoms with van der Waals surface area (Å²) in [5.41, 5.74) is 19.3. The number of rotatable bonds is 10. The average Bonchev–Trinajstić information content (AvgIpc) is 1.02. The second-order valence-electron chi connectivity index (χ2n) is 32.8. The van der Waals surface area contributed by atoms with Gasteiger partial charge in [0.05, 0.1) is 66.4 Å². The highest BCUT2D eigenvalue weighted by molar-refractivity contribution is 7.25. The maximum atomic E-state index is 10.0. The lowest BCUT2D eigenvalue weighted by Crippen LogP contribution is -2.61. The van der Waals surface area contributed by atoms with Crippen molar-refractivity contribution in [2.45, 2.75) is 52.4 Å². The van der Waals surface area contributed by atoms with E-state index in [2.05, 4.69) is 244 Å². The Morgan fingerprint density at radius 2 is 0.735 bits per heavy atom. The monoisotopic (exact) mass is 1530 g/mol. The number of nitrogens with zero attached hydrogens (tertiary/aromatic N) is 5. The molecule has 0 fully saturated rings. The van der Waals surface area contributed by atoms with Crippen molar-refractivity contribution in [2.24, 2.45) is 0 Å². The van der Waals surface area contributed by atoms with Crippen molar-refractivity contribution in [3.8, 4) is 72.7 Å². The summed E-state index contributed by atoms with van der Waals surface area (Å²) in [6, 6.07) is 89.3. The van der Waals surface area contributed by atoms with Gasteiger partial charge in [0.15, 0.2) is 0 Å². The second-order valence-corrected chi connectivity index (χ2v) is 33.9. The fraction of sp³-hybridized carbons (Fsp3) is 0.0727. The average molecular weight is 1530 g/mol. The van der Waals surface area contributed by atoms with Gasteiger partial charge in [0.25, 0.3) is 6.71 Å². The highest BCUT2D eigenvalue weighted by Gasteiger charge is 2.46. The Kier molecular flexibility index (Phi) is 12.1. The molecule has 23 rings (SSSR count). The molecule has 2 aliphatic heterocycles. The van der Waals surface area contributed by atoms with Crippen molar-refractivity contribution in [3.63, 3.8) is 0 Å². The van der Waals surface area contributed by atoms with E-state index in [0.29, 0.717) is 39.8 Å². The molecular weight excluding hydrogens is 1430 g/mol. The quantitative estimate of drug-likeness (QED) is 0.127. The standard InChI is InChI=1S/C110H80BN5S/c1-109(2,3)76-58-74(70-32-12-8-13-33-70)59-80(64-76)114-100-67-78(112-93-43-23-16-36-81(93)82-37-17-24-44-94(82)112)52-54-91(100)111-92-55-53-79(113-95-45-25-18-38-83(95)84-39-19-26-46-96(84)113)68-101(92)116(99-56-50-72(69-30-10-7-11-31-69)60-88(99)71-34-14-9-15-35-71)104-63-75(62-103(114)108(104)111)107-89(73-51-57-106-90(61-73)87-42-22-29-49-105(87)117-106)65-77(110(4,5)6)66-102(107)115-97-47-27-20-40-85(97)86-41-21-28-48-98(86)115/h7-68H,1-6H3/i16D,17D,18D,19D,23D,24D,25D,26D,36D,37D,38D,39D,43D,44D,45D,46D. The summed E-state index contributed by atoms with van der Waals surface area (Å²) in [7, 11) is 0. The number of hydrogen-bond acceptors (Lipinski definition) is 3. The maximum Gasteiger partial charge on any atom is 0.252 e. The molecule has 0 saturated carbocycles. The van der Waals surface area contributed by atoms with E-state index in [9.17, 15) is 21.9 Å². The highest BCUT2D eigenvalue weighted by Crippen LogP contribution is 2.54. The number of aromatic nitrogens is 3. The summed E-state index contributed by atoms with van der Waals surface area (Å²) in [6.45, 7) is 12.5. The molecule has 554 valence electrons. The third-order valence-corrected chi connectivity index (χ3v) is 25.1. The minimum Gasteiger partial charge on any atom is -0.311 e. The molecule has 0 saturated heterocycles. The summed E-state index contributed by atoms with van der Waals surface area (Å²) in [5.74, 6) is 0. The fourth-order valence-electron chi connectivity index (χ4n) is 18.5. The minimum atomic E-state index is -0.822. The van der Waals surface area contributed by atoms with Gasteiger partial charge >= 0.3 is 0 Å². The van der Waals surface area contributed by atoms with Crippen LogP contribution in [-0.4, -0.2) is 20.4 Å². The molecule has 7 heteroatoms. The van der Waals surface area contributed by atoms with E-state index in [4.69, 9.17) is 0 Å². The van der Waals surface area contributed by atoms with E-state index in [1.165, 1.54) is 0 Å². The third-order valence-electron chi connectivity index (χ3n) is 24.0. The van der Waals surface area contributed by atoms with Gasteiger partial charge in [0, 0.05) is 103 Å². The largest absolute Gasteiger partial charge is 0.311 e. The molecule has 117 heavy (non-hydrogen) atoms. The lowest BCUT2D eigenvalue weighted by molar-refractivity contribution is 0.590. The first-order valence-electron chi connectivity index (χ1n) is 47.6. The van der Waals surface area contributed by atoms with Crippen LogP contribution in [0.1, 0.15) is 74.6 Å². The van der Waals surface area contributed by atoms with Gasteiger partial charge in [0.1, 0.15) is 0 Å². The number of fused-ring (bicyclic) bond motifs is 16. The van der Waals surface area contributed by atoms with E-state index >= 15 is 0 Å². The Labute approximate surface area is 707 Å². The topological polar surface area (TPSA) is 21.3 Å². The number of anilines is 6. The lowest BCUT2D eigenvalue weighted by atomic mass is 9.33. The molecule has 0 amide bonds. The molecule has 0 aliphatic carbocycles. The van der Waals surface area contributed by atoms with E-state index in [0.717, 1.165) is 137 Å². The van der Waals surface area contributed by atoms with Crippen LogP contribution < -0.4 is 26.2 Å². The zero-order valence-corrected chi connectivity index (χ0v) is 65.6. The van der Waals surface area contributed by atoms with Gasteiger partial charge < -0.3 is 23.5 Å². The normalized spacial score (nSPS) is 14.7. The summed E-state index contributed by atoms with van der Waals surface area (Å²) in [5, 5.41) is 3.98. The van der Waals surface area contributed by atoms with Gasteiger partial charge in [-0.1, -0.05) is 290 Å². The molecule has 21 aromatic rings. The maximum absolute atomic E-state index is 10.0. The minimum absolute atomic E-state index is 0.0581. The molecule has 2 aliphatic rings. The second kappa shape index (κ2) is 26.3. The first-order chi connectivity index (χ1) is 63.9. The Morgan fingerprint density at radius 1 is 0.265 bits per heavy atom. The van der Waals surface area contributed by atoms with Crippen molar-refractivity contribution in [1.82, 2.24) is 13.7 Å². The van der Waals surface area contributed by atoms with Crippen LogP contribution in [-0.2, 0) is 10.8 Å². The van der Waals surface area contributed by atoms with Crippen LogP contribution in [0.15, 0.2) is 376 Å². The van der Waals surface area contributed by atoms with Gasteiger partial charge in [0.2, 0.25) is 0 Å². The summed E-state index contributed by atoms with van der Waals surface area (Å²) < 4.78 is 161. The molecule has 0 spiro atoms. The summed E-state index contributed by atoms with van der Waals surface area (Å²) >= 11 is 1.75. The molecule has 0 atom stereocenters. The van der Waals surface area contributed by atoms with E-state index < -0.39 is 114 Å². The molecule has 0 unspecified atom stereocenters. The van der Waals surface area contributed by atoms with Crippen LogP contribution in [0.4, 0.5) is 34.1 Å². The van der Waals surface area contributed by atoms with Crippen LogP contribution in [0.5, 0.6) is 0 Å². The van der Waals surface area contributed by atoms with Gasteiger partial charge in [-0.3, -0.25) is 0 Å². The van der Waals surface area contributed by atoms with Gasteiger partial charge in [-0.2, -0.15) is 0 Å². The van der Waals surface area contributed by atoms with Crippen LogP contribution in [0.2, 0.25) is 0 Å². The first-order valence-corrected chi connectivity index (χ1v) is 40.4. The summed E-state index contributed by atoms with van der Waals surface area (Å²) in [6.07, 6.45) is 0. The van der Waals surface area contributed by atoms with Crippen molar-refractivity contribution < 1.29 is 21.9 Å². The number of thiophene rings is 1. The van der Waals surface area contributed by atoms with E-state index in [1.807, 2.05) is 91.0 Å². The zero-order valence-electron chi connectivity index (χ0n) is 80.8. The Hall–Kier alpha value is -14.0. The Bertz CT molecular complexity index is 8500. The van der Waals surface area contributed by atoms with Crippen LogP contribution >= 0.6 is 11.3 Å². The van der Waals surface area contributed by atoms with Crippen LogP contribution in [0.25, 0.3) is 158 Å². The van der Waals surface area contributed by atoms with Crippen molar-refractivity contribution >= 4 is 154 Å². The molecule has 5 nitrogen and oxygen atoms in total. The Morgan fingerprint density at radius 3 is 1.30 bits per heavy atom. The van der Waals surface area contributed by atoms with Gasteiger partial charge in [-0.15, -0.1) is 11.3 Å². The van der Waals surface area contributed by atoms with Gasteiger partial charge in [-0.25, -0.2) is 0 Å². The van der Waals surface area contributed by atoms with Gasteiger partial charge in [-0.05, 0) is 210 Å². The van der Waals surface area contributed by atoms with Crippen molar-refractivity contribution in [2.75, 3.05) is 9.80 Å². The lowest BCUT2D eigenvalue weighted by Gasteiger charge is -2.45. The zero-order chi connectivity index (χ0) is 92.0. The van der Waals surface area contributed by atoms with Crippen LogP contribution in [0, 0.1) is 0 Å². The molecule has 4 aromatic heterocycles. The number of hydrogen-bond donors (Lipinski definition) is 0. The van der Waals surface area contributed by atoms with Crippen molar-refractivity contribution in [3.05, 3.63) is 387 Å². The predicted molar refractivity (Wildman–Crippen MR) is 501 cm³/mol. The predicted octanol–water partition coefficient (Wildman–Crippen LogP) is 28.4. The molecule has 6 heterocycles. The smallest absolute Gasteiger partial charge is 0.252 e. The molecule has 17 aromatic carbocycles. The van der Waals surface area contributed by atoms with Crippen LogP contribution in [0.3, 0.4) is 0 Å². The molecule has 0 N–H and O–H groups in total. The van der Waals surface area contributed by atoms with Crippen molar-refractivity contribution in [1.29, 1.82) is 0 Å². The summed E-state index contributed by atoms with van der Waals surface area (Å²) in [4.78, 5) is 4.63. The molecule has 0 bridgehead atoms. The number of para-hydroxylation sites is 6. The van der Waals surface area contributed by atoms with E-state index in [-0.39, 0.29) is 43.6 Å². The highest BCUT2D eigenvalue weighted by atomic mass is 32.1. The molecule has 0 radical (unpaired) electrons. The Balaban J connectivity index is 0.950. The third kappa shape index (κ3) is 10.8. The SMILES string of the molecule is [2H]c1c([2H])c([2H])c2c(c1[2H])c1c([2H])c([2H])c([2H])c([2H])c1n2-c1ccc2c(c1)N(c1cc(-c3ccccc3)cc(C(C)(C)C)c1)c1cc(-c3c(-c4ccc5sc6ccccc6c5c4)cc(C(C)(C)C)cc3-n3c4ccccc4c4ccccc43)cc3c1B2c1ccc(-n2c4c([2H])c([2H])c([2H])c([2H])c4c4c([2H])c([2H])c([2H])c([2H])c42)cc1N3c1ccc(-c2ccccc2)cc1-c1ccccc1. The molecular formula is C110H80BN5S. The number of benzene rings is 17. The fourth-order valence-corrected chi connectivity index (χ4v) is 19.6. The van der Waals surface area contributed by atoms with E-state index in [1.54, 1.807) is 20.5 Å².